The number of thioether (sulfide) groups is 1. The molecule has 0 aliphatic heterocycles. The van der Waals surface area contributed by atoms with Crippen molar-refractivity contribution in [3.63, 3.8) is 0 Å². The first-order valence-electron chi connectivity index (χ1n) is 6.16. The van der Waals surface area contributed by atoms with Gasteiger partial charge in [0.25, 0.3) is 0 Å². The molecule has 1 rings (SSSR count). The van der Waals surface area contributed by atoms with Crippen LogP contribution >= 0.6 is 23.4 Å². The molecule has 0 saturated carbocycles. The average Bonchev–Trinajstić information content (AvgIpc) is 2.44. The van der Waals surface area contributed by atoms with E-state index in [1.807, 2.05) is 13.2 Å². The Hall–Kier alpha value is -0.300. The summed E-state index contributed by atoms with van der Waals surface area (Å²) < 4.78 is 40.0. The molecule has 0 spiro atoms. The minimum Gasteiger partial charge on any atom is -0.207 e. The van der Waals surface area contributed by atoms with Gasteiger partial charge in [-0.1, -0.05) is 6.07 Å². The molecule has 0 radical (unpaired) electrons. The summed E-state index contributed by atoms with van der Waals surface area (Å²) in [7, 11) is -2.36. The Kier molecular flexibility index (Phi) is 6.78. The van der Waals surface area contributed by atoms with E-state index in [9.17, 15) is 12.8 Å². The SMILES string of the molecule is CSCCC(C)N(C)S(=O)(=O)c1cc(CCl)ccc1F. The van der Waals surface area contributed by atoms with Gasteiger partial charge < -0.3 is 0 Å². The zero-order valence-electron chi connectivity index (χ0n) is 11.8. The molecular weight excluding hydrogens is 321 g/mol. The van der Waals surface area contributed by atoms with Crippen LogP contribution < -0.4 is 0 Å². The molecule has 7 heteroatoms. The summed E-state index contributed by atoms with van der Waals surface area (Å²) in [6.07, 6.45) is 2.68. The van der Waals surface area contributed by atoms with Gasteiger partial charge in [-0.15, -0.1) is 11.6 Å². The Morgan fingerprint density at radius 3 is 2.65 bits per heavy atom. The lowest BCUT2D eigenvalue weighted by molar-refractivity contribution is 0.380. The lowest BCUT2D eigenvalue weighted by Crippen LogP contribution is -2.36. The summed E-state index contributed by atoms with van der Waals surface area (Å²) >= 11 is 7.33. The van der Waals surface area contributed by atoms with Crippen molar-refractivity contribution in [1.29, 1.82) is 0 Å². The summed E-state index contributed by atoms with van der Waals surface area (Å²) in [6, 6.07) is 3.74. The van der Waals surface area contributed by atoms with Crippen LogP contribution in [0.25, 0.3) is 0 Å². The molecule has 0 fully saturated rings. The molecule has 0 bridgehead atoms. The van der Waals surface area contributed by atoms with Crippen molar-refractivity contribution in [2.24, 2.45) is 0 Å². The summed E-state index contributed by atoms with van der Waals surface area (Å²) in [4.78, 5) is -0.311. The largest absolute Gasteiger partial charge is 0.245 e. The molecular formula is C13H19ClFNO2S2. The molecule has 1 unspecified atom stereocenters. The predicted octanol–water partition coefficient (Wildman–Crippen LogP) is 3.33. The second kappa shape index (κ2) is 7.64. The molecule has 1 aromatic rings. The monoisotopic (exact) mass is 339 g/mol. The number of sulfonamides is 1. The highest BCUT2D eigenvalue weighted by Gasteiger charge is 2.28. The highest BCUT2D eigenvalue weighted by Crippen LogP contribution is 2.23. The van der Waals surface area contributed by atoms with Gasteiger partial charge in [0.05, 0.1) is 0 Å². The Morgan fingerprint density at radius 2 is 2.10 bits per heavy atom. The number of alkyl halides is 1. The van der Waals surface area contributed by atoms with Crippen molar-refractivity contribution in [2.75, 3.05) is 19.1 Å². The highest BCUT2D eigenvalue weighted by atomic mass is 35.5. The quantitative estimate of drug-likeness (QED) is 0.715. The molecule has 0 aromatic heterocycles. The Labute approximate surface area is 129 Å². The first-order chi connectivity index (χ1) is 9.34. The first kappa shape index (κ1) is 17.8. The molecule has 0 heterocycles. The minimum absolute atomic E-state index is 0.147. The van der Waals surface area contributed by atoms with Crippen molar-refractivity contribution in [3.05, 3.63) is 29.6 Å². The Morgan fingerprint density at radius 1 is 1.45 bits per heavy atom. The van der Waals surface area contributed by atoms with Crippen LogP contribution in [0.4, 0.5) is 4.39 Å². The van der Waals surface area contributed by atoms with Gasteiger partial charge >= 0.3 is 0 Å². The summed E-state index contributed by atoms with van der Waals surface area (Å²) in [6.45, 7) is 1.82. The maximum Gasteiger partial charge on any atom is 0.245 e. The van der Waals surface area contributed by atoms with E-state index in [0.29, 0.717) is 12.0 Å². The summed E-state index contributed by atoms with van der Waals surface area (Å²) in [5, 5.41) is 0. The smallest absolute Gasteiger partial charge is 0.207 e. The normalized spacial score (nSPS) is 13.7. The highest BCUT2D eigenvalue weighted by molar-refractivity contribution is 7.98. The van der Waals surface area contributed by atoms with E-state index in [4.69, 9.17) is 11.6 Å². The second-order valence-electron chi connectivity index (χ2n) is 4.55. The van der Waals surface area contributed by atoms with E-state index in [-0.39, 0.29) is 16.8 Å². The fourth-order valence-electron chi connectivity index (χ4n) is 1.69. The topological polar surface area (TPSA) is 37.4 Å². The van der Waals surface area contributed by atoms with Crippen LogP contribution in [0.3, 0.4) is 0 Å². The van der Waals surface area contributed by atoms with Gasteiger partial charge in [-0.05, 0) is 43.0 Å². The number of nitrogens with zero attached hydrogens (tertiary/aromatic N) is 1. The van der Waals surface area contributed by atoms with Crippen LogP contribution in [0.5, 0.6) is 0 Å². The van der Waals surface area contributed by atoms with E-state index in [2.05, 4.69) is 0 Å². The minimum atomic E-state index is -3.84. The fraction of sp³-hybridized carbons (Fsp3) is 0.538. The van der Waals surface area contributed by atoms with Crippen molar-refractivity contribution < 1.29 is 12.8 Å². The van der Waals surface area contributed by atoms with Gasteiger partial charge in [0.2, 0.25) is 10.0 Å². The van der Waals surface area contributed by atoms with Crippen LogP contribution in [0.2, 0.25) is 0 Å². The Balaban J connectivity index is 3.09. The predicted molar refractivity (Wildman–Crippen MR) is 83.4 cm³/mol. The molecule has 0 saturated heterocycles. The zero-order chi connectivity index (χ0) is 15.3. The van der Waals surface area contributed by atoms with Crippen molar-refractivity contribution in [1.82, 2.24) is 4.31 Å². The van der Waals surface area contributed by atoms with Gasteiger partial charge in [0.15, 0.2) is 0 Å². The number of hydrogen-bond donors (Lipinski definition) is 0. The molecule has 114 valence electrons. The molecule has 0 aliphatic carbocycles. The van der Waals surface area contributed by atoms with E-state index in [0.717, 1.165) is 11.8 Å². The molecule has 20 heavy (non-hydrogen) atoms. The van der Waals surface area contributed by atoms with Crippen LogP contribution in [0.15, 0.2) is 23.1 Å². The van der Waals surface area contributed by atoms with Crippen LogP contribution in [-0.4, -0.2) is 37.8 Å². The van der Waals surface area contributed by atoms with Crippen LogP contribution in [0, 0.1) is 5.82 Å². The third kappa shape index (κ3) is 4.10. The molecule has 0 N–H and O–H groups in total. The van der Waals surface area contributed by atoms with Crippen molar-refractivity contribution >= 4 is 33.4 Å². The fourth-order valence-corrected chi connectivity index (χ4v) is 3.94. The molecule has 3 nitrogen and oxygen atoms in total. The van der Waals surface area contributed by atoms with Gasteiger partial charge in [0.1, 0.15) is 10.7 Å². The van der Waals surface area contributed by atoms with E-state index < -0.39 is 15.8 Å². The molecule has 0 aliphatic rings. The lowest BCUT2D eigenvalue weighted by Gasteiger charge is -2.24. The van der Waals surface area contributed by atoms with Crippen LogP contribution in [0.1, 0.15) is 18.9 Å². The molecule has 1 aromatic carbocycles. The summed E-state index contributed by atoms with van der Waals surface area (Å²) in [5.74, 6) is 0.252. The average molecular weight is 340 g/mol. The third-order valence-electron chi connectivity index (χ3n) is 3.17. The van der Waals surface area contributed by atoms with Gasteiger partial charge in [-0.3, -0.25) is 0 Å². The third-order valence-corrected chi connectivity index (χ3v) is 6.11. The van der Waals surface area contributed by atoms with Crippen molar-refractivity contribution in [3.8, 4) is 0 Å². The maximum absolute atomic E-state index is 13.8. The standard InChI is InChI=1S/C13H19ClFNO2S2/c1-10(6-7-19-3)16(2)20(17,18)13-8-11(9-14)4-5-12(13)15/h4-5,8,10H,6-7,9H2,1-3H3. The van der Waals surface area contributed by atoms with Crippen LogP contribution in [-0.2, 0) is 15.9 Å². The van der Waals surface area contributed by atoms with Gasteiger partial charge in [0, 0.05) is 19.0 Å². The number of benzene rings is 1. The number of halogens is 2. The molecule has 1 atom stereocenters. The second-order valence-corrected chi connectivity index (χ2v) is 7.77. The summed E-state index contributed by atoms with van der Waals surface area (Å²) in [5.41, 5.74) is 0.580. The van der Waals surface area contributed by atoms with Crippen molar-refractivity contribution in [2.45, 2.75) is 30.2 Å². The number of hydrogen-bond acceptors (Lipinski definition) is 3. The lowest BCUT2D eigenvalue weighted by atomic mass is 10.2. The van der Waals surface area contributed by atoms with Gasteiger partial charge in [-0.2, -0.15) is 16.1 Å². The van der Waals surface area contributed by atoms with E-state index in [1.54, 1.807) is 11.8 Å². The van der Waals surface area contributed by atoms with E-state index >= 15 is 0 Å². The zero-order valence-corrected chi connectivity index (χ0v) is 14.2. The Bertz CT molecular complexity index is 551. The van der Waals surface area contributed by atoms with Gasteiger partial charge in [-0.25, -0.2) is 12.8 Å². The number of rotatable bonds is 7. The molecule has 0 amide bonds. The first-order valence-corrected chi connectivity index (χ1v) is 9.52. The maximum atomic E-state index is 13.8. The van der Waals surface area contributed by atoms with E-state index in [1.165, 1.54) is 23.5 Å².